The summed E-state index contributed by atoms with van der Waals surface area (Å²) in [5, 5.41) is 0. The van der Waals surface area contributed by atoms with Gasteiger partial charge in [0, 0.05) is 5.88 Å². The highest BCUT2D eigenvalue weighted by molar-refractivity contribution is 6.17. The maximum absolute atomic E-state index is 5.59. The summed E-state index contributed by atoms with van der Waals surface area (Å²) in [4.78, 5) is 0. The second-order valence-corrected chi connectivity index (χ2v) is 3.97. The van der Waals surface area contributed by atoms with Gasteiger partial charge < -0.3 is 0 Å². The summed E-state index contributed by atoms with van der Waals surface area (Å²) >= 11 is 5.59. The average molecular weight is 203 g/mol. The van der Waals surface area contributed by atoms with E-state index in [0.717, 1.165) is 5.88 Å². The number of allylic oxidation sites excluding steroid dienone is 1. The molecule has 0 N–H and O–H groups in total. The van der Waals surface area contributed by atoms with Crippen molar-refractivity contribution in [2.24, 2.45) is 0 Å². The summed E-state index contributed by atoms with van der Waals surface area (Å²) in [6.45, 7) is 3.72. The van der Waals surface area contributed by atoms with Crippen LogP contribution >= 0.6 is 11.6 Å². The van der Waals surface area contributed by atoms with E-state index in [1.165, 1.54) is 57.8 Å². The van der Waals surface area contributed by atoms with Gasteiger partial charge >= 0.3 is 0 Å². The lowest BCUT2D eigenvalue weighted by atomic mass is 10.1. The van der Waals surface area contributed by atoms with Crippen LogP contribution in [0.5, 0.6) is 0 Å². The van der Waals surface area contributed by atoms with Crippen molar-refractivity contribution in [3.8, 4) is 0 Å². The number of alkyl halides is 1. The molecule has 13 heavy (non-hydrogen) atoms. The molecule has 0 bridgehead atoms. The molecule has 0 saturated heterocycles. The number of hydrogen-bond donors (Lipinski definition) is 0. The van der Waals surface area contributed by atoms with Crippen LogP contribution in [0.2, 0.25) is 0 Å². The number of halogens is 1. The van der Waals surface area contributed by atoms with Crippen molar-refractivity contribution in [2.75, 3.05) is 5.88 Å². The van der Waals surface area contributed by atoms with Crippen molar-refractivity contribution in [3.05, 3.63) is 12.7 Å². The molecule has 0 aromatic rings. The third-order valence-electron chi connectivity index (χ3n) is 2.29. The van der Waals surface area contributed by atoms with E-state index in [-0.39, 0.29) is 0 Å². The second kappa shape index (κ2) is 12.0. The Morgan fingerprint density at radius 1 is 0.769 bits per heavy atom. The predicted octanol–water partition coefficient (Wildman–Crippen LogP) is 4.92. The third-order valence-corrected chi connectivity index (χ3v) is 2.56. The van der Waals surface area contributed by atoms with Crippen molar-refractivity contribution in [3.63, 3.8) is 0 Å². The van der Waals surface area contributed by atoms with Crippen LogP contribution in [0.4, 0.5) is 0 Å². The third kappa shape index (κ3) is 12.0. The van der Waals surface area contributed by atoms with Gasteiger partial charge in [0.15, 0.2) is 0 Å². The first-order valence-electron chi connectivity index (χ1n) is 5.58. The average Bonchev–Trinajstić information content (AvgIpc) is 2.16. The first-order valence-corrected chi connectivity index (χ1v) is 6.12. The van der Waals surface area contributed by atoms with Gasteiger partial charge in [0.1, 0.15) is 0 Å². The Morgan fingerprint density at radius 3 is 1.69 bits per heavy atom. The molecule has 1 heteroatoms. The molecule has 0 amide bonds. The molecular weight excluding hydrogens is 180 g/mol. The van der Waals surface area contributed by atoms with Crippen molar-refractivity contribution >= 4 is 11.6 Å². The van der Waals surface area contributed by atoms with E-state index in [9.17, 15) is 0 Å². The zero-order valence-electron chi connectivity index (χ0n) is 8.73. The van der Waals surface area contributed by atoms with Crippen molar-refractivity contribution in [2.45, 2.75) is 57.8 Å². The molecule has 0 radical (unpaired) electrons. The fourth-order valence-corrected chi connectivity index (χ4v) is 1.63. The van der Waals surface area contributed by atoms with E-state index < -0.39 is 0 Å². The van der Waals surface area contributed by atoms with E-state index in [1.807, 2.05) is 6.08 Å². The molecule has 0 unspecified atom stereocenters. The van der Waals surface area contributed by atoms with Crippen LogP contribution in [0.15, 0.2) is 12.7 Å². The van der Waals surface area contributed by atoms with Crippen LogP contribution in [0.3, 0.4) is 0 Å². The van der Waals surface area contributed by atoms with E-state index in [1.54, 1.807) is 0 Å². The molecule has 0 rings (SSSR count). The Kier molecular flexibility index (Phi) is 12.1. The molecule has 0 aromatic heterocycles. The summed E-state index contributed by atoms with van der Waals surface area (Å²) in [5.41, 5.74) is 0. The summed E-state index contributed by atoms with van der Waals surface area (Å²) < 4.78 is 0. The van der Waals surface area contributed by atoms with Crippen molar-refractivity contribution in [1.29, 1.82) is 0 Å². The van der Waals surface area contributed by atoms with Crippen molar-refractivity contribution in [1.82, 2.24) is 0 Å². The zero-order valence-corrected chi connectivity index (χ0v) is 9.49. The van der Waals surface area contributed by atoms with Gasteiger partial charge in [0.05, 0.1) is 0 Å². The first-order chi connectivity index (χ1) is 6.41. The number of hydrogen-bond acceptors (Lipinski definition) is 0. The maximum Gasteiger partial charge on any atom is 0.0223 e. The topological polar surface area (TPSA) is 0 Å². The van der Waals surface area contributed by atoms with E-state index in [0.29, 0.717) is 0 Å². The van der Waals surface area contributed by atoms with Crippen LogP contribution in [-0.2, 0) is 0 Å². The number of rotatable bonds is 10. The summed E-state index contributed by atoms with van der Waals surface area (Å²) in [6.07, 6.45) is 14.0. The minimum atomic E-state index is 0.833. The van der Waals surface area contributed by atoms with Crippen LogP contribution in [0.25, 0.3) is 0 Å². The van der Waals surface area contributed by atoms with E-state index in [2.05, 4.69) is 6.58 Å². The molecular formula is C12H23Cl. The standard InChI is InChI=1S/C12H23Cl/c1-2-3-4-5-6-7-8-9-10-11-12-13/h2H,1,3-12H2. The van der Waals surface area contributed by atoms with Gasteiger partial charge in [-0.3, -0.25) is 0 Å². The summed E-state index contributed by atoms with van der Waals surface area (Å²) in [5.74, 6) is 0.833. The van der Waals surface area contributed by atoms with Crippen LogP contribution < -0.4 is 0 Å². The highest BCUT2D eigenvalue weighted by Crippen LogP contribution is 2.09. The normalized spacial score (nSPS) is 10.2. The monoisotopic (exact) mass is 202 g/mol. The fourth-order valence-electron chi connectivity index (χ4n) is 1.44. The molecule has 0 saturated carbocycles. The highest BCUT2D eigenvalue weighted by Gasteiger charge is 1.90. The zero-order chi connectivity index (χ0) is 9.78. The molecule has 0 fully saturated rings. The van der Waals surface area contributed by atoms with Crippen LogP contribution in [0.1, 0.15) is 57.8 Å². The Labute approximate surface area is 88.4 Å². The molecule has 78 valence electrons. The van der Waals surface area contributed by atoms with E-state index >= 15 is 0 Å². The minimum absolute atomic E-state index is 0.833. The van der Waals surface area contributed by atoms with Crippen LogP contribution in [0, 0.1) is 0 Å². The van der Waals surface area contributed by atoms with Gasteiger partial charge in [0.25, 0.3) is 0 Å². The molecule has 0 aliphatic carbocycles. The maximum atomic E-state index is 5.59. The molecule has 0 aliphatic rings. The summed E-state index contributed by atoms with van der Waals surface area (Å²) in [7, 11) is 0. The number of unbranched alkanes of at least 4 members (excludes halogenated alkanes) is 8. The minimum Gasteiger partial charge on any atom is -0.127 e. The fraction of sp³-hybridized carbons (Fsp3) is 0.833. The lowest BCUT2D eigenvalue weighted by Gasteiger charge is -1.99. The van der Waals surface area contributed by atoms with Gasteiger partial charge in [0.2, 0.25) is 0 Å². The molecule has 0 aliphatic heterocycles. The van der Waals surface area contributed by atoms with Gasteiger partial charge in [-0.25, -0.2) is 0 Å². The highest BCUT2D eigenvalue weighted by atomic mass is 35.5. The first kappa shape index (κ1) is 13.0. The lowest BCUT2D eigenvalue weighted by molar-refractivity contribution is 0.578. The smallest absolute Gasteiger partial charge is 0.0223 e. The van der Waals surface area contributed by atoms with Crippen molar-refractivity contribution < 1.29 is 0 Å². The van der Waals surface area contributed by atoms with E-state index in [4.69, 9.17) is 11.6 Å². The van der Waals surface area contributed by atoms with Crippen LogP contribution in [-0.4, -0.2) is 5.88 Å². The molecule has 0 aromatic carbocycles. The Morgan fingerprint density at radius 2 is 1.23 bits per heavy atom. The lowest BCUT2D eigenvalue weighted by Crippen LogP contribution is -1.81. The molecule has 0 nitrogen and oxygen atoms in total. The van der Waals surface area contributed by atoms with Gasteiger partial charge in [-0.1, -0.05) is 44.6 Å². The molecule has 0 atom stereocenters. The van der Waals surface area contributed by atoms with Gasteiger partial charge in [-0.2, -0.15) is 0 Å². The SMILES string of the molecule is C=CCCCCCCCCCCCl. The second-order valence-electron chi connectivity index (χ2n) is 3.59. The Balaban J connectivity index is 2.79. The quantitative estimate of drug-likeness (QED) is 0.268. The van der Waals surface area contributed by atoms with Gasteiger partial charge in [-0.05, 0) is 19.3 Å². The Hall–Kier alpha value is 0.0300. The largest absolute Gasteiger partial charge is 0.127 e. The predicted molar refractivity (Wildman–Crippen MR) is 62.5 cm³/mol. The summed E-state index contributed by atoms with van der Waals surface area (Å²) in [6, 6.07) is 0. The van der Waals surface area contributed by atoms with Gasteiger partial charge in [-0.15, -0.1) is 18.2 Å². The Bertz CT molecular complexity index is 99.3. The molecule has 0 spiro atoms. The molecule has 0 heterocycles.